The Morgan fingerprint density at radius 1 is 1.00 bits per heavy atom. The summed E-state index contributed by atoms with van der Waals surface area (Å²) in [7, 11) is 0. The second-order valence-corrected chi connectivity index (χ2v) is 4.47. The summed E-state index contributed by atoms with van der Waals surface area (Å²) in [5, 5.41) is 8.84. The number of nitrogens with zero attached hydrogens (tertiary/aromatic N) is 1. The highest BCUT2D eigenvalue weighted by Gasteiger charge is 2.25. The van der Waals surface area contributed by atoms with Crippen molar-refractivity contribution in [3.8, 4) is 0 Å². The first kappa shape index (κ1) is 12.8. The highest BCUT2D eigenvalue weighted by molar-refractivity contribution is 6.15. The van der Waals surface area contributed by atoms with Gasteiger partial charge in [-0.3, -0.25) is 14.5 Å². The van der Waals surface area contributed by atoms with E-state index in [-0.39, 0.29) is 18.4 Å². The lowest BCUT2D eigenvalue weighted by molar-refractivity contribution is -0.125. The number of carbonyl (C=O) groups is 2. The topological polar surface area (TPSA) is 57.6 Å². The molecule has 1 fully saturated rings. The molecule has 1 aromatic carbocycles. The zero-order valence-corrected chi connectivity index (χ0v) is 10.3. The smallest absolute Gasteiger partial charge is 0.233 e. The molecule has 0 radical (unpaired) electrons. The molecule has 4 nitrogen and oxygen atoms in total. The average Bonchev–Trinajstić information content (AvgIpc) is 2.53. The first-order chi connectivity index (χ1) is 8.72. The third-order valence-corrected chi connectivity index (χ3v) is 3.13. The van der Waals surface area contributed by atoms with Gasteiger partial charge in [-0.2, -0.15) is 0 Å². The predicted molar refractivity (Wildman–Crippen MR) is 68.2 cm³/mol. The zero-order valence-electron chi connectivity index (χ0n) is 10.3. The van der Waals surface area contributed by atoms with E-state index in [4.69, 9.17) is 5.11 Å². The summed E-state index contributed by atoms with van der Waals surface area (Å²) in [4.78, 5) is 25.1. The van der Waals surface area contributed by atoms with Crippen molar-refractivity contribution in [3.05, 3.63) is 29.8 Å². The minimum atomic E-state index is -0.118. The molecule has 1 aliphatic rings. The molecule has 0 spiro atoms. The summed E-state index contributed by atoms with van der Waals surface area (Å²) in [6.45, 7) is 0.0981. The van der Waals surface area contributed by atoms with Crippen molar-refractivity contribution in [1.29, 1.82) is 0 Å². The standard InChI is InChI=1S/C14H17NO3/c16-10-9-11-5-7-12(8-6-11)15-13(17)3-1-2-4-14(15)18/h5-8,16H,1-4,9-10H2. The Hall–Kier alpha value is -1.68. The van der Waals surface area contributed by atoms with E-state index >= 15 is 0 Å². The molecule has 2 amide bonds. The molecule has 0 aromatic heterocycles. The molecule has 1 N–H and O–H groups in total. The van der Waals surface area contributed by atoms with E-state index in [9.17, 15) is 9.59 Å². The van der Waals surface area contributed by atoms with Crippen molar-refractivity contribution in [1.82, 2.24) is 0 Å². The number of imide groups is 1. The molecule has 4 heteroatoms. The number of rotatable bonds is 3. The molecular weight excluding hydrogens is 230 g/mol. The maximum atomic E-state index is 11.9. The van der Waals surface area contributed by atoms with Crippen molar-refractivity contribution < 1.29 is 14.7 Å². The maximum absolute atomic E-state index is 11.9. The molecular formula is C14H17NO3. The lowest BCUT2D eigenvalue weighted by Gasteiger charge is -2.18. The molecule has 0 bridgehead atoms. The number of hydrogen-bond acceptors (Lipinski definition) is 3. The van der Waals surface area contributed by atoms with Gasteiger partial charge in [-0.1, -0.05) is 12.1 Å². The summed E-state index contributed by atoms with van der Waals surface area (Å²) in [6, 6.07) is 7.23. The fraction of sp³-hybridized carbons (Fsp3) is 0.429. The highest BCUT2D eigenvalue weighted by atomic mass is 16.3. The van der Waals surface area contributed by atoms with Crippen LogP contribution in [0, 0.1) is 0 Å². The Morgan fingerprint density at radius 3 is 2.06 bits per heavy atom. The van der Waals surface area contributed by atoms with Crippen LogP contribution in [0.25, 0.3) is 0 Å². The molecule has 1 saturated heterocycles. The lowest BCUT2D eigenvalue weighted by Crippen LogP contribution is -2.35. The minimum Gasteiger partial charge on any atom is -0.396 e. The molecule has 1 heterocycles. The molecule has 96 valence electrons. The third kappa shape index (κ3) is 2.76. The van der Waals surface area contributed by atoms with Gasteiger partial charge >= 0.3 is 0 Å². The number of benzene rings is 1. The number of anilines is 1. The summed E-state index contributed by atoms with van der Waals surface area (Å²) >= 11 is 0. The first-order valence-corrected chi connectivity index (χ1v) is 6.28. The van der Waals surface area contributed by atoms with Crippen molar-refractivity contribution in [3.63, 3.8) is 0 Å². The molecule has 0 aliphatic carbocycles. The predicted octanol–water partition coefficient (Wildman–Crippen LogP) is 1.66. The SMILES string of the molecule is O=C1CCCCC(=O)N1c1ccc(CCO)cc1. The Morgan fingerprint density at radius 2 is 1.56 bits per heavy atom. The van der Waals surface area contributed by atoms with E-state index < -0.39 is 0 Å². The van der Waals surface area contributed by atoms with Crippen LogP contribution in [0.4, 0.5) is 5.69 Å². The van der Waals surface area contributed by atoms with Crippen molar-refractivity contribution >= 4 is 17.5 Å². The van der Waals surface area contributed by atoms with Crippen LogP contribution >= 0.6 is 0 Å². The lowest BCUT2D eigenvalue weighted by atomic mass is 10.1. The Kier molecular flexibility index (Phi) is 4.10. The summed E-state index contributed by atoms with van der Waals surface area (Å²) in [5.74, 6) is -0.236. The Labute approximate surface area is 106 Å². The van der Waals surface area contributed by atoms with E-state index in [1.807, 2.05) is 12.1 Å². The van der Waals surface area contributed by atoms with Gasteiger partial charge in [-0.05, 0) is 37.0 Å². The van der Waals surface area contributed by atoms with Gasteiger partial charge < -0.3 is 5.11 Å². The van der Waals surface area contributed by atoms with E-state index in [1.165, 1.54) is 4.90 Å². The van der Waals surface area contributed by atoms with Gasteiger partial charge in [0.05, 0.1) is 5.69 Å². The molecule has 2 rings (SSSR count). The minimum absolute atomic E-state index is 0.0981. The number of amides is 2. The van der Waals surface area contributed by atoms with Crippen LogP contribution < -0.4 is 4.90 Å². The quantitative estimate of drug-likeness (QED) is 0.826. The van der Waals surface area contributed by atoms with Gasteiger partial charge in [-0.25, -0.2) is 0 Å². The molecule has 0 unspecified atom stereocenters. The fourth-order valence-electron chi connectivity index (χ4n) is 2.14. The average molecular weight is 247 g/mol. The van der Waals surface area contributed by atoms with Crippen molar-refractivity contribution in [2.45, 2.75) is 32.1 Å². The molecule has 0 saturated carbocycles. The largest absolute Gasteiger partial charge is 0.396 e. The van der Waals surface area contributed by atoms with Gasteiger partial charge in [0.25, 0.3) is 0 Å². The van der Waals surface area contributed by atoms with Crippen LogP contribution in [0.3, 0.4) is 0 Å². The molecule has 1 aromatic rings. The normalized spacial score (nSPS) is 16.8. The summed E-state index contributed by atoms with van der Waals surface area (Å²) < 4.78 is 0. The number of carbonyl (C=O) groups excluding carboxylic acids is 2. The maximum Gasteiger partial charge on any atom is 0.233 e. The van der Waals surface area contributed by atoms with Crippen LogP contribution in [0.5, 0.6) is 0 Å². The molecule has 1 aliphatic heterocycles. The first-order valence-electron chi connectivity index (χ1n) is 6.28. The Bertz CT molecular complexity index is 421. The van der Waals surface area contributed by atoms with Crippen molar-refractivity contribution in [2.24, 2.45) is 0 Å². The number of hydrogen-bond donors (Lipinski definition) is 1. The fourth-order valence-corrected chi connectivity index (χ4v) is 2.14. The van der Waals surface area contributed by atoms with Gasteiger partial charge in [0.1, 0.15) is 0 Å². The highest BCUT2D eigenvalue weighted by Crippen LogP contribution is 2.22. The van der Waals surface area contributed by atoms with Crippen molar-refractivity contribution in [2.75, 3.05) is 11.5 Å². The van der Waals surface area contributed by atoms with Crippen LogP contribution in [-0.4, -0.2) is 23.5 Å². The van der Waals surface area contributed by atoms with E-state index in [0.717, 1.165) is 18.4 Å². The van der Waals surface area contributed by atoms with Gasteiger partial charge in [-0.15, -0.1) is 0 Å². The second kappa shape index (κ2) is 5.78. The second-order valence-electron chi connectivity index (χ2n) is 4.47. The van der Waals surface area contributed by atoms with E-state index in [2.05, 4.69) is 0 Å². The van der Waals surface area contributed by atoms with Gasteiger partial charge in [0.2, 0.25) is 11.8 Å². The van der Waals surface area contributed by atoms with Gasteiger partial charge in [0.15, 0.2) is 0 Å². The number of aliphatic hydroxyl groups is 1. The monoisotopic (exact) mass is 247 g/mol. The molecule has 18 heavy (non-hydrogen) atoms. The zero-order chi connectivity index (χ0) is 13.0. The van der Waals surface area contributed by atoms with Crippen LogP contribution in [0.1, 0.15) is 31.2 Å². The van der Waals surface area contributed by atoms with E-state index in [0.29, 0.717) is 24.9 Å². The summed E-state index contributed by atoms with van der Waals surface area (Å²) in [6.07, 6.45) is 3.02. The molecule has 0 atom stereocenters. The Balaban J connectivity index is 2.22. The third-order valence-electron chi connectivity index (χ3n) is 3.13. The summed E-state index contributed by atoms with van der Waals surface area (Å²) in [5.41, 5.74) is 1.63. The number of aliphatic hydroxyl groups excluding tert-OH is 1. The van der Waals surface area contributed by atoms with Gasteiger partial charge in [0, 0.05) is 19.4 Å². The van der Waals surface area contributed by atoms with Crippen LogP contribution in [-0.2, 0) is 16.0 Å². The van der Waals surface area contributed by atoms with Crippen LogP contribution in [0.2, 0.25) is 0 Å². The van der Waals surface area contributed by atoms with Crippen LogP contribution in [0.15, 0.2) is 24.3 Å². The van der Waals surface area contributed by atoms with E-state index in [1.54, 1.807) is 12.1 Å².